The summed E-state index contributed by atoms with van der Waals surface area (Å²) < 4.78 is 25.6. The lowest BCUT2D eigenvalue weighted by molar-refractivity contribution is 0.475. The van der Waals surface area contributed by atoms with Gasteiger partial charge in [-0.3, -0.25) is 0 Å². The highest BCUT2D eigenvalue weighted by Crippen LogP contribution is 2.31. The number of halogens is 1. The van der Waals surface area contributed by atoms with Crippen LogP contribution < -0.4 is 11.1 Å². The number of rotatable bonds is 6. The average molecular weight is 463 g/mol. The number of hydrogen-bond acceptors (Lipinski definition) is 7. The van der Waals surface area contributed by atoms with Crippen LogP contribution in [0.2, 0.25) is 5.02 Å². The molecule has 0 aliphatic heterocycles. The van der Waals surface area contributed by atoms with Gasteiger partial charge in [-0.1, -0.05) is 53.5 Å². The number of anilines is 2. The van der Waals surface area contributed by atoms with Gasteiger partial charge in [-0.15, -0.1) is 0 Å². The molecule has 7 nitrogen and oxygen atoms in total. The van der Waals surface area contributed by atoms with Crippen LogP contribution in [0.25, 0.3) is 10.2 Å². The Kier molecular flexibility index (Phi) is 6.53. The number of phenolic OH excluding ortho intramolecular Hbond substituents is 1. The molecule has 30 heavy (non-hydrogen) atoms. The predicted molar refractivity (Wildman–Crippen MR) is 123 cm³/mol. The monoisotopic (exact) mass is 462 g/mol. The largest absolute Gasteiger partial charge is 0.506 e. The number of aromatic nitrogens is 1. The first kappa shape index (κ1) is 21.9. The third-order valence-electron chi connectivity index (χ3n) is 4.21. The molecule has 4 N–H and O–H groups in total. The molecule has 156 valence electrons. The van der Waals surface area contributed by atoms with Crippen molar-refractivity contribution in [3.63, 3.8) is 0 Å². The average Bonchev–Trinajstić information content (AvgIpc) is 3.08. The van der Waals surface area contributed by atoms with Crippen molar-refractivity contribution >= 4 is 54.0 Å². The number of nitrogens with zero attached hydrogens (tertiary/aromatic N) is 2. The highest BCUT2D eigenvalue weighted by Gasteiger charge is 2.16. The molecule has 3 aromatic rings. The molecule has 0 bridgehead atoms. The first-order valence-corrected chi connectivity index (χ1v) is 11.4. The molecule has 0 amide bonds. The van der Waals surface area contributed by atoms with Crippen molar-refractivity contribution in [1.29, 1.82) is 0 Å². The highest BCUT2D eigenvalue weighted by atomic mass is 35.5. The van der Waals surface area contributed by atoms with Crippen LogP contribution in [0.15, 0.2) is 42.3 Å². The number of sulfonamides is 1. The minimum absolute atomic E-state index is 0.0343. The van der Waals surface area contributed by atoms with Crippen LogP contribution in [-0.2, 0) is 16.6 Å². The van der Waals surface area contributed by atoms with Crippen molar-refractivity contribution < 1.29 is 13.5 Å². The Labute approximate surface area is 183 Å². The number of nitrogens with one attached hydrogen (secondary N) is 1. The van der Waals surface area contributed by atoms with E-state index in [4.69, 9.17) is 17.3 Å². The van der Waals surface area contributed by atoms with Crippen LogP contribution in [0.3, 0.4) is 0 Å². The molecule has 0 fully saturated rings. The molecule has 10 heteroatoms. The van der Waals surface area contributed by atoms with Gasteiger partial charge < -0.3 is 16.2 Å². The quantitative estimate of drug-likeness (QED) is 0.483. The van der Waals surface area contributed by atoms with Crippen molar-refractivity contribution in [2.45, 2.75) is 6.54 Å². The second-order valence-corrected chi connectivity index (χ2v) is 9.72. The van der Waals surface area contributed by atoms with E-state index in [0.717, 1.165) is 10.1 Å². The third-order valence-corrected chi connectivity index (χ3v) is 6.91. The summed E-state index contributed by atoms with van der Waals surface area (Å²) in [5, 5.41) is 14.9. The smallest absolute Gasteiger partial charge is 0.235 e. The zero-order valence-electron chi connectivity index (χ0n) is 16.0. The fraction of sp³-hybridized carbons (Fsp3) is 0.150. The molecule has 3 rings (SSSR count). The van der Waals surface area contributed by atoms with E-state index in [-0.39, 0.29) is 12.3 Å². The molecule has 0 aliphatic carbocycles. The maximum atomic E-state index is 11.9. The summed E-state index contributed by atoms with van der Waals surface area (Å²) in [5.74, 6) is 5.98. The lowest BCUT2D eigenvalue weighted by Gasteiger charge is -2.16. The standard InChI is InChI=1S/C20H19ClN4O3S2/c1-3-30(27,28)25(2)12-14-7-4-8-15(18(14)21)23-9-5-6-13-10-16(26)19-17(11-13)29-20(22)24-19/h3-4,7-8,10-11,23,26H,1,9,12H2,2H3,(H2,22,24). The lowest BCUT2D eigenvalue weighted by Crippen LogP contribution is -2.24. The molecule has 0 aliphatic rings. The van der Waals surface area contributed by atoms with Gasteiger partial charge in [0.05, 0.1) is 22.0 Å². The molecule has 0 unspecified atom stereocenters. The highest BCUT2D eigenvalue weighted by molar-refractivity contribution is 7.91. The number of aromatic hydroxyl groups is 1. The second-order valence-electron chi connectivity index (χ2n) is 6.30. The summed E-state index contributed by atoms with van der Waals surface area (Å²) >= 11 is 7.70. The van der Waals surface area contributed by atoms with Gasteiger partial charge in [0.2, 0.25) is 10.0 Å². The van der Waals surface area contributed by atoms with Crippen LogP contribution in [0.1, 0.15) is 11.1 Å². The van der Waals surface area contributed by atoms with Crippen molar-refractivity contribution in [3.05, 3.63) is 58.5 Å². The zero-order chi connectivity index (χ0) is 21.9. The topological polar surface area (TPSA) is 109 Å². The minimum atomic E-state index is -3.53. The van der Waals surface area contributed by atoms with Crippen molar-refractivity contribution in [3.8, 4) is 17.6 Å². The Morgan fingerprint density at radius 2 is 2.20 bits per heavy atom. The molecule has 1 heterocycles. The van der Waals surface area contributed by atoms with Crippen LogP contribution in [0.5, 0.6) is 5.75 Å². The number of benzene rings is 2. The Hall–Kier alpha value is -2.77. The number of nitrogen functional groups attached to an aromatic ring is 1. The van der Waals surface area contributed by atoms with Crippen LogP contribution in [0.4, 0.5) is 10.8 Å². The van der Waals surface area contributed by atoms with E-state index in [9.17, 15) is 13.5 Å². The molecule has 0 saturated heterocycles. The Balaban J connectivity index is 1.71. The number of thiazole rings is 1. The third kappa shape index (κ3) is 4.86. The van der Waals surface area contributed by atoms with Gasteiger partial charge in [0.15, 0.2) is 5.13 Å². The summed E-state index contributed by atoms with van der Waals surface area (Å²) in [4.78, 5) is 4.07. The van der Waals surface area contributed by atoms with Gasteiger partial charge in [-0.05, 0) is 23.8 Å². The summed E-state index contributed by atoms with van der Waals surface area (Å²) in [6.45, 7) is 3.73. The Morgan fingerprint density at radius 1 is 1.43 bits per heavy atom. The number of fused-ring (bicyclic) bond motifs is 1. The summed E-state index contributed by atoms with van der Waals surface area (Å²) in [7, 11) is -2.07. The molecule has 2 aromatic carbocycles. The van der Waals surface area contributed by atoms with E-state index in [1.54, 1.807) is 18.2 Å². The summed E-state index contributed by atoms with van der Waals surface area (Å²) in [5.41, 5.74) is 8.08. The lowest BCUT2D eigenvalue weighted by atomic mass is 10.2. The van der Waals surface area contributed by atoms with Gasteiger partial charge in [0.1, 0.15) is 11.3 Å². The normalized spacial score (nSPS) is 11.3. The van der Waals surface area contributed by atoms with Gasteiger partial charge >= 0.3 is 0 Å². The fourth-order valence-electron chi connectivity index (χ4n) is 2.68. The van der Waals surface area contributed by atoms with Crippen LogP contribution in [-0.4, -0.2) is 36.4 Å². The van der Waals surface area contributed by atoms with Gasteiger partial charge in [-0.25, -0.2) is 13.4 Å². The van der Waals surface area contributed by atoms with Gasteiger partial charge in [0.25, 0.3) is 0 Å². The SMILES string of the molecule is C=CS(=O)(=O)N(C)Cc1cccc(NCC#Cc2cc(O)c3nc(N)sc3c2)c1Cl. The number of nitrogens with two attached hydrogens (primary N) is 1. The van der Waals surface area contributed by atoms with E-state index in [0.29, 0.717) is 39.0 Å². The van der Waals surface area contributed by atoms with E-state index in [1.807, 2.05) is 6.07 Å². The molecule has 0 spiro atoms. The predicted octanol–water partition coefficient (Wildman–Crippen LogP) is 3.61. The summed E-state index contributed by atoms with van der Waals surface area (Å²) in [6.07, 6.45) is 0. The molecule has 0 saturated carbocycles. The second kappa shape index (κ2) is 8.93. The van der Waals surface area contributed by atoms with Crippen molar-refractivity contribution in [2.75, 3.05) is 24.6 Å². The van der Waals surface area contributed by atoms with Gasteiger partial charge in [0, 0.05) is 24.6 Å². The van der Waals surface area contributed by atoms with Gasteiger partial charge in [-0.2, -0.15) is 4.31 Å². The first-order valence-electron chi connectivity index (χ1n) is 8.69. The summed E-state index contributed by atoms with van der Waals surface area (Å²) in [6, 6.07) is 8.68. The molecule has 1 aromatic heterocycles. The van der Waals surface area contributed by atoms with E-state index >= 15 is 0 Å². The minimum Gasteiger partial charge on any atom is -0.506 e. The van der Waals surface area contributed by atoms with E-state index < -0.39 is 10.0 Å². The van der Waals surface area contributed by atoms with Crippen molar-refractivity contribution in [1.82, 2.24) is 9.29 Å². The molecular formula is C20H19ClN4O3S2. The Morgan fingerprint density at radius 3 is 2.93 bits per heavy atom. The zero-order valence-corrected chi connectivity index (χ0v) is 18.4. The van der Waals surface area contributed by atoms with Crippen LogP contribution in [0, 0.1) is 11.8 Å². The Bertz CT molecular complexity index is 1280. The van der Waals surface area contributed by atoms with Crippen LogP contribution >= 0.6 is 22.9 Å². The number of phenols is 1. The van der Waals surface area contributed by atoms with Crippen molar-refractivity contribution in [2.24, 2.45) is 0 Å². The molecule has 0 radical (unpaired) electrons. The maximum Gasteiger partial charge on any atom is 0.235 e. The maximum absolute atomic E-state index is 11.9. The van der Waals surface area contributed by atoms with E-state index in [2.05, 4.69) is 28.7 Å². The number of hydrogen-bond donors (Lipinski definition) is 3. The molecular weight excluding hydrogens is 444 g/mol. The van der Waals surface area contributed by atoms with E-state index in [1.165, 1.54) is 28.8 Å². The fourth-order valence-corrected chi connectivity index (χ4v) is 4.30. The first-order chi connectivity index (χ1) is 14.2. The molecule has 0 atom stereocenters.